The van der Waals surface area contributed by atoms with E-state index in [4.69, 9.17) is 9.15 Å². The van der Waals surface area contributed by atoms with Gasteiger partial charge in [-0.25, -0.2) is 9.59 Å². The van der Waals surface area contributed by atoms with Crippen LogP contribution < -0.4 is 11.1 Å². The van der Waals surface area contributed by atoms with E-state index in [1.165, 1.54) is 32.1 Å². The summed E-state index contributed by atoms with van der Waals surface area (Å²) in [5.41, 5.74) is 0.911. The lowest BCUT2D eigenvalue weighted by atomic mass is 10.1. The number of thioether (sulfide) groups is 1. The van der Waals surface area contributed by atoms with Crippen molar-refractivity contribution in [2.24, 2.45) is 5.92 Å². The Bertz CT molecular complexity index is 833. The van der Waals surface area contributed by atoms with Crippen LogP contribution in [0.4, 0.5) is 4.79 Å². The number of rotatable bonds is 11. The number of thiol groups is 1. The normalized spacial score (nSPS) is 10.1. The molecule has 0 bridgehead atoms. The predicted octanol–water partition coefficient (Wildman–Crippen LogP) is 7.02. The molecule has 0 aromatic carbocycles. The van der Waals surface area contributed by atoms with Crippen LogP contribution in [0, 0.1) is 12.8 Å². The molecule has 1 N–H and O–H groups in total. The number of hydrogen-bond donors (Lipinski definition) is 2. The zero-order valence-electron chi connectivity index (χ0n) is 21.5. The molecule has 0 spiro atoms. The minimum atomic E-state index is -0.809. The van der Waals surface area contributed by atoms with Crippen molar-refractivity contribution in [1.29, 1.82) is 0 Å². The molecule has 2 aromatic heterocycles. The fourth-order valence-corrected chi connectivity index (χ4v) is 3.41. The second kappa shape index (κ2) is 20.5. The number of nitrogens with one attached hydrogen (secondary N) is 1. The number of nitrogens with zero attached hydrogens (tertiary/aromatic N) is 1. The van der Waals surface area contributed by atoms with Gasteiger partial charge in [-0.1, -0.05) is 66.7 Å². The molecule has 0 fully saturated rings. The number of aryl methyl sites for hydroxylation is 1. The molecule has 0 unspecified atom stereocenters. The number of alkyl carbamates (subject to hydrolysis) is 1. The minimum Gasteiger partial charge on any atom is -0.441 e. The minimum absolute atomic E-state index is 0.145. The van der Waals surface area contributed by atoms with Crippen molar-refractivity contribution < 1.29 is 18.4 Å². The number of carbonyl (C=O) groups is 1. The Morgan fingerprint density at radius 1 is 1.21 bits per heavy atom. The Morgan fingerprint density at radius 3 is 2.35 bits per heavy atom. The number of aromatic nitrogens is 1. The first-order valence-electron chi connectivity index (χ1n) is 12.0. The smallest absolute Gasteiger partial charge is 0.441 e. The van der Waals surface area contributed by atoms with Gasteiger partial charge in [0.2, 0.25) is 0 Å². The maximum absolute atomic E-state index is 11.5. The lowest BCUT2D eigenvalue weighted by molar-refractivity contribution is 0.131. The van der Waals surface area contributed by atoms with Gasteiger partial charge < -0.3 is 18.9 Å². The highest BCUT2D eigenvalue weighted by Gasteiger charge is 2.11. The highest BCUT2D eigenvalue weighted by Crippen LogP contribution is 2.16. The van der Waals surface area contributed by atoms with E-state index in [2.05, 4.69) is 62.0 Å². The van der Waals surface area contributed by atoms with Gasteiger partial charge in [-0.15, -0.1) is 12.6 Å². The molecule has 0 aliphatic carbocycles. The number of hydrogen-bond acceptors (Lipinski definition) is 8. The quantitative estimate of drug-likeness (QED) is 0.246. The lowest BCUT2D eigenvalue weighted by Crippen LogP contribution is -2.26. The second-order valence-corrected chi connectivity index (χ2v) is 9.32. The van der Waals surface area contributed by atoms with Gasteiger partial charge >= 0.3 is 11.9 Å². The van der Waals surface area contributed by atoms with Crippen LogP contribution in [0.25, 0.3) is 0 Å². The Morgan fingerprint density at radius 2 is 1.88 bits per heavy atom. The number of carbonyl (C=O) groups excluding carboxylic acids is 1. The van der Waals surface area contributed by atoms with Gasteiger partial charge in [0.1, 0.15) is 0 Å². The van der Waals surface area contributed by atoms with Gasteiger partial charge in [0.05, 0.1) is 5.69 Å². The molecule has 1 amide bonds. The van der Waals surface area contributed by atoms with Gasteiger partial charge in [-0.3, -0.25) is 4.98 Å². The third kappa shape index (κ3) is 15.9. The van der Waals surface area contributed by atoms with Crippen molar-refractivity contribution in [2.45, 2.75) is 90.9 Å². The van der Waals surface area contributed by atoms with E-state index in [0.717, 1.165) is 22.3 Å². The Labute approximate surface area is 214 Å². The molecular formula is C25H42N2O5S2. The van der Waals surface area contributed by atoms with Crippen molar-refractivity contribution in [3.05, 3.63) is 46.2 Å². The zero-order valence-corrected chi connectivity index (χ0v) is 23.2. The van der Waals surface area contributed by atoms with Crippen LogP contribution in [-0.4, -0.2) is 23.4 Å². The van der Waals surface area contributed by atoms with Crippen molar-refractivity contribution in [1.82, 2.24) is 10.3 Å². The van der Waals surface area contributed by atoms with E-state index in [1.54, 1.807) is 24.9 Å². The van der Waals surface area contributed by atoms with Crippen LogP contribution in [0.2, 0.25) is 0 Å². The van der Waals surface area contributed by atoms with Crippen molar-refractivity contribution in [3.8, 4) is 0 Å². The molecule has 0 saturated heterocycles. The van der Waals surface area contributed by atoms with Crippen LogP contribution in [0.15, 0.2) is 36.9 Å². The van der Waals surface area contributed by atoms with E-state index in [9.17, 15) is 9.59 Å². The maximum Gasteiger partial charge on any atom is 0.519 e. The van der Waals surface area contributed by atoms with Gasteiger partial charge in [0, 0.05) is 29.1 Å². The van der Waals surface area contributed by atoms with E-state index in [1.807, 2.05) is 12.1 Å². The molecule has 0 radical (unpaired) electrons. The van der Waals surface area contributed by atoms with E-state index >= 15 is 0 Å². The van der Waals surface area contributed by atoms with Gasteiger partial charge in [0.15, 0.2) is 18.1 Å². The first-order valence-corrected chi connectivity index (χ1v) is 13.6. The van der Waals surface area contributed by atoms with Crippen LogP contribution >= 0.6 is 24.4 Å². The SMILES string of the molecule is CCC(C)CC.CCCCC.Cc1oc(=O)oc1COC(=O)NCCSCc1ncccc1S. The Hall–Kier alpha value is -1.87. The molecule has 34 heavy (non-hydrogen) atoms. The standard InChI is InChI=1S/C14H16N2O5S2.C6H14.C5H12/c1-9-11(21-14(18)20-9)7-19-13(17)16-5-6-23-8-10-12(22)3-2-4-15-10;1-4-6(3)5-2;1-3-5-4-2/h2-4,22H,5-8H2,1H3,(H,16,17);6H,4-5H2,1-3H3;3-5H2,1-2H3. The molecule has 2 rings (SSSR count). The highest BCUT2D eigenvalue weighted by atomic mass is 32.2. The summed E-state index contributed by atoms with van der Waals surface area (Å²) in [6.45, 7) is 13.0. The fourth-order valence-electron chi connectivity index (χ4n) is 2.27. The zero-order chi connectivity index (χ0) is 25.8. The summed E-state index contributed by atoms with van der Waals surface area (Å²) in [6, 6.07) is 3.72. The van der Waals surface area contributed by atoms with Crippen molar-refractivity contribution >= 4 is 30.5 Å². The monoisotopic (exact) mass is 514 g/mol. The van der Waals surface area contributed by atoms with Gasteiger partial charge in [-0.05, 0) is 25.0 Å². The third-order valence-electron chi connectivity index (χ3n) is 4.89. The van der Waals surface area contributed by atoms with Crippen LogP contribution in [0.3, 0.4) is 0 Å². The van der Waals surface area contributed by atoms with E-state index in [0.29, 0.717) is 18.1 Å². The lowest BCUT2D eigenvalue weighted by Gasteiger charge is -2.06. The third-order valence-corrected chi connectivity index (χ3v) is 6.27. The molecule has 194 valence electrons. The Balaban J connectivity index is 0.000000824. The molecule has 0 aliphatic rings. The van der Waals surface area contributed by atoms with Crippen LogP contribution in [0.5, 0.6) is 0 Å². The first-order chi connectivity index (χ1) is 16.3. The average Bonchev–Trinajstić information content (AvgIpc) is 3.16. The molecule has 0 aliphatic heterocycles. The molecule has 2 aromatic rings. The molecule has 0 atom stereocenters. The van der Waals surface area contributed by atoms with Gasteiger partial charge in [0.25, 0.3) is 0 Å². The number of ether oxygens (including phenoxy) is 1. The molecule has 0 saturated carbocycles. The summed E-state index contributed by atoms with van der Waals surface area (Å²) >= 11 is 5.95. The highest BCUT2D eigenvalue weighted by molar-refractivity contribution is 7.98. The predicted molar refractivity (Wildman–Crippen MR) is 143 cm³/mol. The van der Waals surface area contributed by atoms with Crippen LogP contribution in [-0.2, 0) is 17.1 Å². The first kappa shape index (κ1) is 32.1. The summed E-state index contributed by atoms with van der Waals surface area (Å²) in [7, 11) is 0. The molecule has 7 nitrogen and oxygen atoms in total. The Kier molecular flexibility index (Phi) is 19.4. The van der Waals surface area contributed by atoms with E-state index < -0.39 is 11.9 Å². The second-order valence-electron chi connectivity index (χ2n) is 7.73. The number of unbranched alkanes of at least 4 members (excludes halogenated alkanes) is 2. The summed E-state index contributed by atoms with van der Waals surface area (Å²) in [5, 5.41) is 2.61. The molecule has 2 heterocycles. The van der Waals surface area contributed by atoms with Gasteiger partial charge in [-0.2, -0.15) is 11.8 Å². The summed E-state index contributed by atoms with van der Waals surface area (Å²) in [4.78, 5) is 27.4. The topological polar surface area (TPSA) is 94.6 Å². The fraction of sp³-hybridized carbons (Fsp3) is 0.640. The van der Waals surface area contributed by atoms with Crippen LogP contribution in [0.1, 0.15) is 83.9 Å². The molecule has 9 heteroatoms. The average molecular weight is 515 g/mol. The van der Waals surface area contributed by atoms with Crippen molar-refractivity contribution in [2.75, 3.05) is 12.3 Å². The number of pyridine rings is 1. The number of amides is 1. The summed E-state index contributed by atoms with van der Waals surface area (Å²) < 4.78 is 14.3. The summed E-state index contributed by atoms with van der Waals surface area (Å²) in [5.74, 6) is 2.06. The molecular weight excluding hydrogens is 472 g/mol. The maximum atomic E-state index is 11.5. The summed E-state index contributed by atoms with van der Waals surface area (Å²) in [6.07, 6.45) is 7.88. The van der Waals surface area contributed by atoms with E-state index in [-0.39, 0.29) is 12.4 Å². The van der Waals surface area contributed by atoms with Crippen molar-refractivity contribution in [3.63, 3.8) is 0 Å². The largest absolute Gasteiger partial charge is 0.519 e.